The van der Waals surface area contributed by atoms with E-state index in [0.29, 0.717) is 36.6 Å². The first-order valence-corrected chi connectivity index (χ1v) is 12.3. The molecule has 0 bridgehead atoms. The third-order valence-corrected chi connectivity index (χ3v) is 7.13. The van der Waals surface area contributed by atoms with Crippen LogP contribution in [-0.4, -0.2) is 41.3 Å². The van der Waals surface area contributed by atoms with Gasteiger partial charge in [-0.15, -0.1) is 0 Å². The standard InChI is InChI=1S/C28H31FN4O3/c1-17-5-6-20(31-27(35)22-7-9-30-26(18(22)2)28(3,4)29)15-23(17)19-13-24-32-11-12-36-16-21(32)8-10-33(24)25(34)14-19/h5-7,9,13-15,21H,8,10-12,16H2,1-4H3,(H,31,35)/t21-/m0/s1. The summed E-state index contributed by atoms with van der Waals surface area (Å²) in [6.07, 6.45) is 2.35. The van der Waals surface area contributed by atoms with Crippen LogP contribution in [0, 0.1) is 13.8 Å². The number of benzene rings is 1. The van der Waals surface area contributed by atoms with E-state index in [-0.39, 0.29) is 23.2 Å². The number of aromatic nitrogens is 2. The van der Waals surface area contributed by atoms with Gasteiger partial charge in [-0.1, -0.05) is 6.07 Å². The zero-order valence-corrected chi connectivity index (χ0v) is 21.1. The minimum atomic E-state index is -1.66. The number of anilines is 2. The fourth-order valence-corrected chi connectivity index (χ4v) is 5.26. The van der Waals surface area contributed by atoms with Gasteiger partial charge in [0.25, 0.3) is 11.5 Å². The number of hydrogen-bond acceptors (Lipinski definition) is 5. The Morgan fingerprint density at radius 1 is 1.17 bits per heavy atom. The van der Waals surface area contributed by atoms with Gasteiger partial charge < -0.3 is 15.0 Å². The van der Waals surface area contributed by atoms with Crippen LogP contribution in [-0.2, 0) is 17.0 Å². The highest BCUT2D eigenvalue weighted by Gasteiger charge is 2.30. The van der Waals surface area contributed by atoms with Crippen molar-refractivity contribution in [3.05, 3.63) is 75.3 Å². The molecular formula is C28H31FN4O3. The van der Waals surface area contributed by atoms with Gasteiger partial charge in [-0.3, -0.25) is 19.1 Å². The van der Waals surface area contributed by atoms with Crippen molar-refractivity contribution in [2.45, 2.75) is 52.4 Å². The van der Waals surface area contributed by atoms with Crippen LogP contribution in [0.15, 0.2) is 47.4 Å². The Bertz CT molecular complexity index is 1390. The molecule has 0 aliphatic carbocycles. The maximum Gasteiger partial charge on any atom is 0.256 e. The van der Waals surface area contributed by atoms with Gasteiger partial charge in [0.1, 0.15) is 11.5 Å². The second-order valence-electron chi connectivity index (χ2n) is 10.1. The third-order valence-electron chi connectivity index (χ3n) is 7.13. The largest absolute Gasteiger partial charge is 0.377 e. The lowest BCUT2D eigenvalue weighted by atomic mass is 9.97. The molecule has 1 N–H and O–H groups in total. The summed E-state index contributed by atoms with van der Waals surface area (Å²) in [6, 6.07) is 11.2. The summed E-state index contributed by atoms with van der Waals surface area (Å²) in [6.45, 7) is 9.30. The fraction of sp³-hybridized carbons (Fsp3) is 0.393. The van der Waals surface area contributed by atoms with Gasteiger partial charge in [0, 0.05) is 36.6 Å². The molecule has 2 aliphatic rings. The van der Waals surface area contributed by atoms with Crippen molar-refractivity contribution in [2.75, 3.05) is 30.0 Å². The second kappa shape index (κ2) is 9.17. The van der Waals surface area contributed by atoms with Crippen molar-refractivity contribution >= 4 is 17.4 Å². The smallest absolute Gasteiger partial charge is 0.256 e. The lowest BCUT2D eigenvalue weighted by molar-refractivity contribution is 0.0851. The molecule has 1 amide bonds. The Kier molecular flexibility index (Phi) is 6.16. The van der Waals surface area contributed by atoms with Crippen molar-refractivity contribution in [3.63, 3.8) is 0 Å². The van der Waals surface area contributed by atoms with Gasteiger partial charge in [0.15, 0.2) is 0 Å². The summed E-state index contributed by atoms with van der Waals surface area (Å²) in [7, 11) is 0. The van der Waals surface area contributed by atoms with Gasteiger partial charge in [-0.25, -0.2) is 4.39 Å². The molecule has 1 saturated heterocycles. The van der Waals surface area contributed by atoms with E-state index in [2.05, 4.69) is 21.3 Å². The highest BCUT2D eigenvalue weighted by atomic mass is 19.1. The predicted octanol–water partition coefficient (Wildman–Crippen LogP) is 4.59. The molecule has 3 aromatic rings. The van der Waals surface area contributed by atoms with Crippen LogP contribution < -0.4 is 15.8 Å². The Morgan fingerprint density at radius 2 is 1.97 bits per heavy atom. The van der Waals surface area contributed by atoms with Gasteiger partial charge >= 0.3 is 0 Å². The number of ether oxygens (including phenoxy) is 1. The number of carbonyl (C=O) groups excluding carboxylic acids is 1. The molecule has 2 aromatic heterocycles. The Balaban J connectivity index is 1.48. The number of nitrogens with zero attached hydrogens (tertiary/aromatic N) is 3. The van der Waals surface area contributed by atoms with Crippen LogP contribution in [0.1, 0.15) is 47.4 Å². The van der Waals surface area contributed by atoms with Crippen LogP contribution in [0.5, 0.6) is 0 Å². The number of rotatable bonds is 4. The quantitative estimate of drug-likeness (QED) is 0.579. The summed E-state index contributed by atoms with van der Waals surface area (Å²) < 4.78 is 22.0. The minimum absolute atomic E-state index is 0.0324. The average molecular weight is 491 g/mol. The molecule has 8 heteroatoms. The predicted molar refractivity (Wildman–Crippen MR) is 139 cm³/mol. The lowest BCUT2D eigenvalue weighted by Crippen LogP contribution is -2.51. The molecule has 1 fully saturated rings. The molecule has 0 spiro atoms. The molecule has 4 heterocycles. The number of pyridine rings is 2. The van der Waals surface area contributed by atoms with Crippen molar-refractivity contribution < 1.29 is 13.9 Å². The number of aryl methyl sites for hydroxylation is 1. The monoisotopic (exact) mass is 490 g/mol. The van der Waals surface area contributed by atoms with E-state index in [1.165, 1.54) is 20.0 Å². The van der Waals surface area contributed by atoms with E-state index in [1.807, 2.05) is 29.7 Å². The lowest BCUT2D eigenvalue weighted by Gasteiger charge is -2.42. The Labute approximate surface area is 209 Å². The van der Waals surface area contributed by atoms with Crippen LogP contribution in [0.3, 0.4) is 0 Å². The zero-order chi connectivity index (χ0) is 25.6. The number of fused-ring (bicyclic) bond motifs is 3. The summed E-state index contributed by atoms with van der Waals surface area (Å²) in [4.78, 5) is 32.6. The van der Waals surface area contributed by atoms with E-state index in [0.717, 1.165) is 35.5 Å². The van der Waals surface area contributed by atoms with Crippen molar-refractivity contribution in [1.82, 2.24) is 9.55 Å². The SMILES string of the molecule is Cc1ccc(NC(=O)c2ccnc(C(C)(C)F)c2C)cc1-c1cc2n(c(=O)c1)CC[C@H]1COCCN21. The van der Waals surface area contributed by atoms with Crippen molar-refractivity contribution in [2.24, 2.45) is 0 Å². The highest BCUT2D eigenvalue weighted by Crippen LogP contribution is 2.33. The number of amides is 1. The molecule has 0 saturated carbocycles. The Hall–Kier alpha value is -3.52. The summed E-state index contributed by atoms with van der Waals surface area (Å²) in [5, 5.41) is 2.94. The number of halogens is 1. The topological polar surface area (TPSA) is 76.5 Å². The molecule has 0 radical (unpaired) electrons. The molecule has 2 aliphatic heterocycles. The highest BCUT2D eigenvalue weighted by molar-refractivity contribution is 6.05. The maximum absolute atomic E-state index is 14.6. The first-order valence-electron chi connectivity index (χ1n) is 12.3. The van der Waals surface area contributed by atoms with Crippen LogP contribution in [0.25, 0.3) is 11.1 Å². The second-order valence-corrected chi connectivity index (χ2v) is 10.1. The zero-order valence-electron chi connectivity index (χ0n) is 21.1. The third kappa shape index (κ3) is 4.41. The fourth-order valence-electron chi connectivity index (χ4n) is 5.26. The molecule has 1 atom stereocenters. The van der Waals surface area contributed by atoms with Gasteiger partial charge in [0.2, 0.25) is 0 Å². The van der Waals surface area contributed by atoms with E-state index < -0.39 is 5.67 Å². The van der Waals surface area contributed by atoms with Crippen LogP contribution >= 0.6 is 0 Å². The van der Waals surface area contributed by atoms with Gasteiger partial charge in [-0.2, -0.15) is 0 Å². The molecule has 7 nitrogen and oxygen atoms in total. The van der Waals surface area contributed by atoms with Gasteiger partial charge in [0.05, 0.1) is 24.9 Å². The minimum Gasteiger partial charge on any atom is -0.377 e. The molecular weight excluding hydrogens is 459 g/mol. The number of carbonyl (C=O) groups is 1. The van der Waals surface area contributed by atoms with Gasteiger partial charge in [-0.05, 0) is 80.6 Å². The average Bonchev–Trinajstić information content (AvgIpc) is 2.84. The Morgan fingerprint density at radius 3 is 2.75 bits per heavy atom. The van der Waals surface area contributed by atoms with E-state index >= 15 is 0 Å². The number of nitrogens with one attached hydrogen (secondary N) is 1. The first-order chi connectivity index (χ1) is 17.1. The normalized spacial score (nSPS) is 17.4. The number of alkyl halides is 1. The summed E-state index contributed by atoms with van der Waals surface area (Å²) in [5.74, 6) is 0.580. The summed E-state index contributed by atoms with van der Waals surface area (Å²) >= 11 is 0. The molecule has 188 valence electrons. The molecule has 5 rings (SSSR count). The van der Waals surface area contributed by atoms with E-state index in [1.54, 1.807) is 19.1 Å². The molecule has 0 unspecified atom stereocenters. The number of hydrogen-bond donors (Lipinski definition) is 1. The van der Waals surface area contributed by atoms with Crippen molar-refractivity contribution in [3.8, 4) is 11.1 Å². The van der Waals surface area contributed by atoms with E-state index in [4.69, 9.17) is 4.74 Å². The van der Waals surface area contributed by atoms with Crippen molar-refractivity contribution in [1.29, 1.82) is 0 Å². The maximum atomic E-state index is 14.6. The molecule has 36 heavy (non-hydrogen) atoms. The van der Waals surface area contributed by atoms with E-state index in [9.17, 15) is 14.0 Å². The summed E-state index contributed by atoms with van der Waals surface area (Å²) in [5.41, 5.74) is 2.72. The van der Waals surface area contributed by atoms with Crippen LogP contribution in [0.2, 0.25) is 0 Å². The number of morpholine rings is 1. The van der Waals surface area contributed by atoms with Crippen LogP contribution in [0.4, 0.5) is 15.9 Å². The first kappa shape index (κ1) is 24.2. The molecule has 1 aromatic carbocycles.